The molecule has 10 nitrogen and oxygen atoms in total. The van der Waals surface area contributed by atoms with E-state index in [4.69, 9.17) is 14.0 Å². The second-order valence-electron chi connectivity index (χ2n) is 7.34. The van der Waals surface area contributed by atoms with Crippen molar-refractivity contribution in [1.82, 2.24) is 30.0 Å². The molecule has 34 heavy (non-hydrogen) atoms. The molecule has 0 unspecified atom stereocenters. The highest BCUT2D eigenvalue weighted by atomic mass is 16.5. The van der Waals surface area contributed by atoms with E-state index in [2.05, 4.69) is 25.7 Å². The average Bonchev–Trinajstić information content (AvgIpc) is 3.65. The molecule has 6 rings (SSSR count). The number of nitrogens with zero attached hydrogens (tertiary/aromatic N) is 6. The van der Waals surface area contributed by atoms with E-state index < -0.39 is 0 Å². The van der Waals surface area contributed by atoms with E-state index >= 15 is 0 Å². The van der Waals surface area contributed by atoms with Crippen molar-refractivity contribution in [2.45, 2.75) is 0 Å². The molecule has 1 N–H and O–H groups in total. The van der Waals surface area contributed by atoms with Gasteiger partial charge in [-0.15, -0.1) is 10.2 Å². The van der Waals surface area contributed by atoms with Crippen molar-refractivity contribution in [2.24, 2.45) is 0 Å². The lowest BCUT2D eigenvalue weighted by atomic mass is 10.1. The molecule has 0 aliphatic heterocycles. The molecule has 0 spiro atoms. The Hall–Kier alpha value is -5.12. The maximum atomic E-state index is 12.5. The number of carbonyl (C=O) groups excluding carboxylic acids is 1. The van der Waals surface area contributed by atoms with E-state index in [0.29, 0.717) is 28.7 Å². The third kappa shape index (κ3) is 3.58. The number of amides is 1. The van der Waals surface area contributed by atoms with Gasteiger partial charge in [-0.3, -0.25) is 9.78 Å². The van der Waals surface area contributed by atoms with Crippen LogP contribution in [-0.2, 0) is 0 Å². The second kappa shape index (κ2) is 8.10. The summed E-state index contributed by atoms with van der Waals surface area (Å²) >= 11 is 0. The van der Waals surface area contributed by atoms with Crippen molar-refractivity contribution in [2.75, 3.05) is 5.32 Å². The predicted molar refractivity (Wildman–Crippen MR) is 122 cm³/mol. The summed E-state index contributed by atoms with van der Waals surface area (Å²) in [7, 11) is 0. The smallest absolute Gasteiger partial charge is 0.277 e. The topological polar surface area (TPSA) is 124 Å². The highest BCUT2D eigenvalue weighted by Crippen LogP contribution is 2.24. The highest BCUT2D eigenvalue weighted by molar-refractivity contribution is 6.03. The lowest BCUT2D eigenvalue weighted by molar-refractivity contribution is 0.101. The normalized spacial score (nSPS) is 11.1. The van der Waals surface area contributed by atoms with E-state index in [9.17, 15) is 4.79 Å². The van der Waals surface area contributed by atoms with Crippen LogP contribution in [0.15, 0.2) is 94.3 Å². The molecule has 5 heterocycles. The van der Waals surface area contributed by atoms with Crippen LogP contribution in [0.1, 0.15) is 10.5 Å². The minimum absolute atomic E-state index is 0.151. The van der Waals surface area contributed by atoms with Crippen LogP contribution in [0.3, 0.4) is 0 Å². The number of aromatic nitrogens is 6. The Labute approximate surface area is 191 Å². The van der Waals surface area contributed by atoms with E-state index in [1.54, 1.807) is 41.2 Å². The summed E-state index contributed by atoms with van der Waals surface area (Å²) in [4.78, 5) is 16.7. The summed E-state index contributed by atoms with van der Waals surface area (Å²) < 4.78 is 12.1. The maximum absolute atomic E-state index is 12.5. The molecule has 1 amide bonds. The van der Waals surface area contributed by atoms with Gasteiger partial charge >= 0.3 is 0 Å². The Morgan fingerprint density at radius 2 is 1.82 bits per heavy atom. The summed E-state index contributed by atoms with van der Waals surface area (Å²) in [6.07, 6.45) is 4.94. The van der Waals surface area contributed by atoms with Gasteiger partial charge in [0.2, 0.25) is 5.76 Å². The largest absolute Gasteiger partial charge is 0.461 e. The van der Waals surface area contributed by atoms with Gasteiger partial charge in [0.1, 0.15) is 0 Å². The molecule has 0 bridgehead atoms. The van der Waals surface area contributed by atoms with Crippen LogP contribution < -0.4 is 5.32 Å². The number of furan rings is 1. The first-order chi connectivity index (χ1) is 16.7. The van der Waals surface area contributed by atoms with Crippen molar-refractivity contribution >= 4 is 17.2 Å². The first kappa shape index (κ1) is 19.6. The number of benzene rings is 1. The molecule has 1 aromatic carbocycles. The van der Waals surface area contributed by atoms with Crippen LogP contribution in [0.25, 0.3) is 39.8 Å². The molecular weight excluding hydrogens is 434 g/mol. The van der Waals surface area contributed by atoms with Crippen molar-refractivity contribution < 1.29 is 13.7 Å². The molecule has 5 aromatic heterocycles. The number of carbonyl (C=O) groups is 1. The van der Waals surface area contributed by atoms with E-state index in [1.807, 2.05) is 36.4 Å². The standard InChI is InChI=1S/C24H15N7O3/c32-24(19-13-21(34-30-19)20-4-2-12-33-20)26-17-7-5-15(6-8-17)18-9-10-22-27-28-23(31(22)29-18)16-3-1-11-25-14-16/h1-14H,(H,26,32). The quantitative estimate of drug-likeness (QED) is 0.412. The predicted octanol–water partition coefficient (Wildman–Crippen LogP) is 4.35. The van der Waals surface area contributed by atoms with E-state index in [1.165, 1.54) is 12.3 Å². The summed E-state index contributed by atoms with van der Waals surface area (Å²) in [5, 5.41) is 19.7. The van der Waals surface area contributed by atoms with Gasteiger partial charge in [0.15, 0.2) is 22.9 Å². The Morgan fingerprint density at radius 3 is 2.62 bits per heavy atom. The summed E-state index contributed by atoms with van der Waals surface area (Å²) in [5.74, 6) is 1.10. The molecule has 0 radical (unpaired) electrons. The highest BCUT2D eigenvalue weighted by Gasteiger charge is 2.16. The fourth-order valence-corrected chi connectivity index (χ4v) is 3.45. The van der Waals surface area contributed by atoms with Gasteiger partial charge in [0.05, 0.1) is 12.0 Å². The SMILES string of the molecule is O=C(Nc1ccc(-c2ccc3nnc(-c4cccnc4)n3n2)cc1)c1cc(-c2ccco2)on1. The molecule has 0 aliphatic carbocycles. The summed E-state index contributed by atoms with van der Waals surface area (Å²) in [6, 6.07) is 19.8. The Balaban J connectivity index is 1.22. The fourth-order valence-electron chi connectivity index (χ4n) is 3.45. The van der Waals surface area contributed by atoms with E-state index in [0.717, 1.165) is 16.8 Å². The van der Waals surface area contributed by atoms with Crippen molar-refractivity contribution in [3.63, 3.8) is 0 Å². The molecule has 0 saturated carbocycles. The van der Waals surface area contributed by atoms with Gasteiger partial charge in [-0.2, -0.15) is 9.61 Å². The van der Waals surface area contributed by atoms with Crippen LogP contribution >= 0.6 is 0 Å². The van der Waals surface area contributed by atoms with Gasteiger partial charge in [0, 0.05) is 35.3 Å². The average molecular weight is 449 g/mol. The molecule has 10 heteroatoms. The van der Waals surface area contributed by atoms with Crippen LogP contribution in [0.4, 0.5) is 5.69 Å². The molecular formula is C24H15N7O3. The number of hydrogen-bond acceptors (Lipinski definition) is 8. The van der Waals surface area contributed by atoms with Crippen LogP contribution in [0.5, 0.6) is 0 Å². The number of anilines is 1. The van der Waals surface area contributed by atoms with Gasteiger partial charge in [0.25, 0.3) is 5.91 Å². The first-order valence-electron chi connectivity index (χ1n) is 10.3. The number of nitrogens with one attached hydrogen (secondary N) is 1. The van der Waals surface area contributed by atoms with Crippen LogP contribution in [0, 0.1) is 0 Å². The fraction of sp³-hybridized carbons (Fsp3) is 0. The zero-order valence-corrected chi connectivity index (χ0v) is 17.5. The van der Waals surface area contributed by atoms with Crippen molar-refractivity contribution in [1.29, 1.82) is 0 Å². The molecule has 0 atom stereocenters. The lowest BCUT2D eigenvalue weighted by Gasteiger charge is -2.06. The number of rotatable bonds is 5. The molecule has 164 valence electrons. The molecule has 0 aliphatic rings. The second-order valence-corrected chi connectivity index (χ2v) is 7.34. The number of fused-ring (bicyclic) bond motifs is 1. The van der Waals surface area contributed by atoms with E-state index in [-0.39, 0.29) is 11.6 Å². The van der Waals surface area contributed by atoms with Gasteiger partial charge in [-0.05, 0) is 48.5 Å². The third-order valence-electron chi connectivity index (χ3n) is 5.13. The molecule has 6 aromatic rings. The summed E-state index contributed by atoms with van der Waals surface area (Å²) in [6.45, 7) is 0. The minimum atomic E-state index is -0.389. The van der Waals surface area contributed by atoms with Gasteiger partial charge in [-0.25, -0.2) is 0 Å². The van der Waals surface area contributed by atoms with Crippen molar-refractivity contribution in [3.05, 3.63) is 91.1 Å². The third-order valence-corrected chi connectivity index (χ3v) is 5.13. The first-order valence-corrected chi connectivity index (χ1v) is 10.3. The van der Waals surface area contributed by atoms with Crippen LogP contribution in [0.2, 0.25) is 0 Å². The van der Waals surface area contributed by atoms with Crippen LogP contribution in [-0.4, -0.2) is 35.9 Å². The monoisotopic (exact) mass is 449 g/mol. The molecule has 0 fully saturated rings. The number of hydrogen-bond donors (Lipinski definition) is 1. The van der Waals surface area contributed by atoms with Gasteiger partial charge in [-0.1, -0.05) is 17.3 Å². The van der Waals surface area contributed by atoms with Gasteiger partial charge < -0.3 is 14.3 Å². The Morgan fingerprint density at radius 1 is 0.912 bits per heavy atom. The zero-order valence-electron chi connectivity index (χ0n) is 17.5. The van der Waals surface area contributed by atoms with Crippen molar-refractivity contribution in [3.8, 4) is 34.2 Å². The summed E-state index contributed by atoms with van der Waals surface area (Å²) in [5.41, 5.74) is 3.81. The number of pyridine rings is 1. The lowest BCUT2D eigenvalue weighted by Crippen LogP contribution is -2.12. The Kier molecular flexibility index (Phi) is 4.66. The minimum Gasteiger partial charge on any atom is -0.461 e. The zero-order chi connectivity index (χ0) is 22.9. The maximum Gasteiger partial charge on any atom is 0.277 e. The molecule has 0 saturated heterocycles. The Bertz CT molecular complexity index is 1590.